The second-order valence-electron chi connectivity index (χ2n) is 6.16. The Morgan fingerprint density at radius 3 is 2.56 bits per heavy atom. The van der Waals surface area contributed by atoms with Gasteiger partial charge in [0.25, 0.3) is 11.6 Å². The van der Waals surface area contributed by atoms with Crippen LogP contribution >= 0.6 is 0 Å². The predicted octanol–water partition coefficient (Wildman–Crippen LogP) is 2.64. The number of amides is 1. The van der Waals surface area contributed by atoms with E-state index < -0.39 is 4.92 Å². The van der Waals surface area contributed by atoms with E-state index in [1.165, 1.54) is 24.3 Å². The number of nitrogens with one attached hydrogen (secondary N) is 1. The third-order valence-corrected chi connectivity index (χ3v) is 4.52. The van der Waals surface area contributed by atoms with Crippen LogP contribution in [0.3, 0.4) is 0 Å². The third kappa shape index (κ3) is 4.32. The van der Waals surface area contributed by atoms with Crippen molar-refractivity contribution in [1.82, 2.24) is 10.3 Å². The van der Waals surface area contributed by atoms with Gasteiger partial charge in [-0.2, -0.15) is 0 Å². The highest BCUT2D eigenvalue weighted by Crippen LogP contribution is 2.22. The van der Waals surface area contributed by atoms with Crippen molar-refractivity contribution in [2.45, 2.75) is 12.8 Å². The Morgan fingerprint density at radius 1 is 1.24 bits per heavy atom. The number of hydrogen-bond donors (Lipinski definition) is 1. The molecule has 1 fully saturated rings. The predicted molar refractivity (Wildman–Crippen MR) is 94.6 cm³/mol. The molecular formula is C18H20N4O3. The largest absolute Gasteiger partial charge is 0.370 e. The lowest BCUT2D eigenvalue weighted by molar-refractivity contribution is -0.384. The van der Waals surface area contributed by atoms with Crippen LogP contribution in [0.2, 0.25) is 0 Å². The Labute approximate surface area is 145 Å². The highest BCUT2D eigenvalue weighted by molar-refractivity contribution is 5.94. The summed E-state index contributed by atoms with van der Waals surface area (Å²) in [5.41, 5.74) is 1.56. The van der Waals surface area contributed by atoms with Crippen molar-refractivity contribution in [3.8, 4) is 0 Å². The molecule has 1 N–H and O–H groups in total. The van der Waals surface area contributed by atoms with E-state index in [1.54, 1.807) is 6.20 Å². The van der Waals surface area contributed by atoms with E-state index >= 15 is 0 Å². The van der Waals surface area contributed by atoms with Crippen LogP contribution in [-0.4, -0.2) is 35.4 Å². The van der Waals surface area contributed by atoms with Gasteiger partial charge in [-0.05, 0) is 43.0 Å². The first kappa shape index (κ1) is 16.9. The van der Waals surface area contributed by atoms with Crippen LogP contribution < -0.4 is 10.2 Å². The molecule has 0 aliphatic carbocycles. The number of pyridine rings is 1. The van der Waals surface area contributed by atoms with Crippen LogP contribution in [0, 0.1) is 16.0 Å². The number of hydrogen-bond acceptors (Lipinski definition) is 5. The zero-order chi connectivity index (χ0) is 17.6. The Hall–Kier alpha value is -2.96. The molecule has 1 aliphatic rings. The van der Waals surface area contributed by atoms with E-state index in [1.807, 2.05) is 12.3 Å². The highest BCUT2D eigenvalue weighted by atomic mass is 16.6. The molecule has 1 amide bonds. The fraction of sp³-hybridized carbons (Fsp3) is 0.333. The molecule has 1 aliphatic heterocycles. The highest BCUT2D eigenvalue weighted by Gasteiger charge is 2.20. The topological polar surface area (TPSA) is 88.4 Å². The second kappa shape index (κ2) is 7.74. The minimum absolute atomic E-state index is 0.0145. The lowest BCUT2D eigenvalue weighted by atomic mass is 9.96. The maximum absolute atomic E-state index is 12.2. The Kier molecular flexibility index (Phi) is 5.23. The van der Waals surface area contributed by atoms with Gasteiger partial charge in [-0.3, -0.25) is 19.9 Å². The third-order valence-electron chi connectivity index (χ3n) is 4.52. The summed E-state index contributed by atoms with van der Waals surface area (Å²) < 4.78 is 0. The van der Waals surface area contributed by atoms with Gasteiger partial charge in [-0.25, -0.2) is 0 Å². The molecule has 0 unspecified atom stereocenters. The maximum Gasteiger partial charge on any atom is 0.269 e. The van der Waals surface area contributed by atoms with E-state index in [0.29, 0.717) is 18.0 Å². The molecular weight excluding hydrogens is 320 g/mol. The monoisotopic (exact) mass is 340 g/mol. The Balaban J connectivity index is 1.46. The first-order chi connectivity index (χ1) is 12.1. The fourth-order valence-corrected chi connectivity index (χ4v) is 3.01. The fourth-order valence-electron chi connectivity index (χ4n) is 3.01. The number of anilines is 1. The van der Waals surface area contributed by atoms with Crippen LogP contribution in [0.5, 0.6) is 0 Å². The van der Waals surface area contributed by atoms with Crippen molar-refractivity contribution in [2.24, 2.45) is 5.92 Å². The molecule has 2 heterocycles. The summed E-state index contributed by atoms with van der Waals surface area (Å²) in [6, 6.07) is 9.66. The van der Waals surface area contributed by atoms with Crippen LogP contribution in [0.4, 0.5) is 11.4 Å². The molecule has 0 atom stereocenters. The summed E-state index contributed by atoms with van der Waals surface area (Å²) in [7, 11) is 0. The summed E-state index contributed by atoms with van der Waals surface area (Å²) in [5.74, 6) is 0.250. The summed E-state index contributed by atoms with van der Waals surface area (Å²) in [4.78, 5) is 28.8. The number of carbonyl (C=O) groups excluding carboxylic acids is 1. The summed E-state index contributed by atoms with van der Waals surface area (Å²) >= 11 is 0. The molecule has 1 aromatic heterocycles. The molecule has 25 heavy (non-hydrogen) atoms. The van der Waals surface area contributed by atoms with E-state index in [0.717, 1.165) is 31.6 Å². The minimum atomic E-state index is -0.474. The number of nitro benzene ring substituents is 1. The molecule has 7 heteroatoms. The smallest absolute Gasteiger partial charge is 0.269 e. The zero-order valence-electron chi connectivity index (χ0n) is 13.8. The quantitative estimate of drug-likeness (QED) is 0.668. The van der Waals surface area contributed by atoms with E-state index in [-0.39, 0.29) is 11.6 Å². The number of non-ortho nitro benzene ring substituents is 1. The van der Waals surface area contributed by atoms with Crippen LogP contribution in [0.25, 0.3) is 0 Å². The van der Waals surface area contributed by atoms with Crippen molar-refractivity contribution in [3.63, 3.8) is 0 Å². The molecule has 0 saturated carbocycles. The first-order valence-electron chi connectivity index (χ1n) is 8.31. The number of aromatic nitrogens is 1. The van der Waals surface area contributed by atoms with Crippen molar-refractivity contribution in [3.05, 3.63) is 64.5 Å². The lowest BCUT2D eigenvalue weighted by Crippen LogP contribution is -2.38. The van der Waals surface area contributed by atoms with E-state index in [2.05, 4.69) is 21.3 Å². The number of nitrogens with zero attached hydrogens (tertiary/aromatic N) is 3. The average molecular weight is 340 g/mol. The molecule has 0 spiro atoms. The van der Waals surface area contributed by atoms with Gasteiger partial charge in [0, 0.05) is 43.5 Å². The second-order valence-corrected chi connectivity index (χ2v) is 6.16. The lowest BCUT2D eigenvalue weighted by Gasteiger charge is -2.33. The van der Waals surface area contributed by atoms with E-state index in [4.69, 9.17) is 0 Å². The van der Waals surface area contributed by atoms with Crippen LogP contribution in [0.1, 0.15) is 23.2 Å². The van der Waals surface area contributed by atoms with Crippen molar-refractivity contribution >= 4 is 17.3 Å². The van der Waals surface area contributed by atoms with Crippen molar-refractivity contribution in [2.75, 3.05) is 24.5 Å². The summed E-state index contributed by atoms with van der Waals surface area (Å²) in [5, 5.41) is 13.6. The molecule has 1 aromatic carbocycles. The molecule has 0 radical (unpaired) electrons. The van der Waals surface area contributed by atoms with Gasteiger partial charge >= 0.3 is 0 Å². The molecule has 3 rings (SSSR count). The van der Waals surface area contributed by atoms with Crippen LogP contribution in [0.15, 0.2) is 48.8 Å². The summed E-state index contributed by atoms with van der Waals surface area (Å²) in [6.45, 7) is 2.52. The number of carbonyl (C=O) groups is 1. The minimum Gasteiger partial charge on any atom is -0.370 e. The SMILES string of the molecule is O=C(NCC1CCN(c2cccnc2)CC1)c1ccc([N+](=O)[O-])cc1. The molecule has 2 aromatic rings. The normalized spacial score (nSPS) is 15.0. The standard InChI is InChI=1S/C18H20N4O3/c23-18(15-3-5-16(6-4-15)22(24)25)20-12-14-7-10-21(11-8-14)17-2-1-9-19-13-17/h1-6,9,13-14H,7-8,10-12H2,(H,20,23). The Morgan fingerprint density at radius 2 is 1.96 bits per heavy atom. The number of benzene rings is 1. The molecule has 7 nitrogen and oxygen atoms in total. The first-order valence-corrected chi connectivity index (χ1v) is 8.31. The maximum atomic E-state index is 12.2. The zero-order valence-corrected chi connectivity index (χ0v) is 13.8. The average Bonchev–Trinajstić information content (AvgIpc) is 2.67. The van der Waals surface area contributed by atoms with Gasteiger partial charge in [-0.15, -0.1) is 0 Å². The van der Waals surface area contributed by atoms with Gasteiger partial charge < -0.3 is 10.2 Å². The van der Waals surface area contributed by atoms with Crippen molar-refractivity contribution in [1.29, 1.82) is 0 Å². The van der Waals surface area contributed by atoms with Gasteiger partial charge in [0.2, 0.25) is 0 Å². The number of piperidine rings is 1. The Bertz CT molecular complexity index is 726. The molecule has 1 saturated heterocycles. The van der Waals surface area contributed by atoms with Crippen LogP contribution in [-0.2, 0) is 0 Å². The number of nitro groups is 1. The summed E-state index contributed by atoms with van der Waals surface area (Å²) in [6.07, 6.45) is 5.66. The van der Waals surface area contributed by atoms with Gasteiger partial charge in [0.1, 0.15) is 0 Å². The van der Waals surface area contributed by atoms with Gasteiger partial charge in [0.05, 0.1) is 16.8 Å². The van der Waals surface area contributed by atoms with E-state index in [9.17, 15) is 14.9 Å². The number of rotatable bonds is 5. The van der Waals surface area contributed by atoms with Crippen molar-refractivity contribution < 1.29 is 9.72 Å². The van der Waals surface area contributed by atoms with Gasteiger partial charge in [-0.1, -0.05) is 0 Å². The van der Waals surface area contributed by atoms with Gasteiger partial charge in [0.15, 0.2) is 0 Å². The molecule has 0 bridgehead atoms. The molecule has 130 valence electrons.